The molecule has 1 aliphatic heterocycles. The summed E-state index contributed by atoms with van der Waals surface area (Å²) in [6.45, 7) is 0.351. The van der Waals surface area contributed by atoms with E-state index in [-0.39, 0.29) is 24.2 Å². The van der Waals surface area contributed by atoms with Gasteiger partial charge in [-0.3, -0.25) is 20.0 Å². The molecular weight excluding hydrogens is 382 g/mol. The molecule has 1 aromatic heterocycles. The third-order valence-corrected chi connectivity index (χ3v) is 5.14. The Kier molecular flexibility index (Phi) is 5.74. The molecule has 4 rings (SSSR count). The van der Waals surface area contributed by atoms with Gasteiger partial charge < -0.3 is 9.64 Å². The van der Waals surface area contributed by atoms with Crippen LogP contribution in [-0.2, 0) is 22.4 Å². The van der Waals surface area contributed by atoms with Gasteiger partial charge in [0.1, 0.15) is 11.6 Å². The van der Waals surface area contributed by atoms with Crippen molar-refractivity contribution in [3.05, 3.63) is 66.0 Å². The largest absolute Gasteiger partial charge is 0.497 e. The molecule has 1 fully saturated rings. The van der Waals surface area contributed by atoms with Crippen LogP contribution in [0.3, 0.4) is 0 Å². The smallest absolute Gasteiger partial charge is 0.248 e. The number of aromatic amines is 1. The number of H-pyrrole nitrogens is 1. The summed E-state index contributed by atoms with van der Waals surface area (Å²) in [5.41, 5.74) is 1.96. The fourth-order valence-electron chi connectivity index (χ4n) is 3.47. The summed E-state index contributed by atoms with van der Waals surface area (Å²) in [7, 11) is 1.64. The lowest BCUT2D eigenvalue weighted by Gasteiger charge is -2.16. The summed E-state index contributed by atoms with van der Waals surface area (Å²) in [6.07, 6.45) is 1.63. The first-order valence-electron chi connectivity index (χ1n) is 9.83. The van der Waals surface area contributed by atoms with Gasteiger partial charge in [0, 0.05) is 25.1 Å². The van der Waals surface area contributed by atoms with Gasteiger partial charge >= 0.3 is 0 Å². The van der Waals surface area contributed by atoms with E-state index in [1.54, 1.807) is 12.0 Å². The Hall–Kier alpha value is -3.68. The van der Waals surface area contributed by atoms with Gasteiger partial charge in [-0.15, -0.1) is 5.10 Å². The van der Waals surface area contributed by atoms with Crippen LogP contribution in [0.1, 0.15) is 17.8 Å². The number of para-hydroxylation sites is 1. The molecule has 2 heterocycles. The van der Waals surface area contributed by atoms with E-state index in [1.807, 2.05) is 54.6 Å². The van der Waals surface area contributed by atoms with Gasteiger partial charge in [-0.25, -0.2) is 0 Å². The van der Waals surface area contributed by atoms with Crippen LogP contribution in [0.15, 0.2) is 54.6 Å². The second kappa shape index (κ2) is 8.77. The number of anilines is 2. The summed E-state index contributed by atoms with van der Waals surface area (Å²) >= 11 is 0. The number of hydrogen-bond acceptors (Lipinski definition) is 5. The molecular formula is C22H23N5O3. The second-order valence-corrected chi connectivity index (χ2v) is 7.18. The minimum absolute atomic E-state index is 0.0588. The summed E-state index contributed by atoms with van der Waals surface area (Å²) in [6, 6.07) is 17.2. The van der Waals surface area contributed by atoms with Crippen LogP contribution >= 0.6 is 0 Å². The molecule has 0 spiro atoms. The molecule has 3 aromatic rings. The molecule has 1 saturated heterocycles. The van der Waals surface area contributed by atoms with Gasteiger partial charge in [-0.2, -0.15) is 4.98 Å². The molecule has 154 valence electrons. The van der Waals surface area contributed by atoms with E-state index in [0.29, 0.717) is 18.8 Å². The Balaban J connectivity index is 1.31. The molecule has 0 saturated carbocycles. The minimum atomic E-state index is -0.432. The van der Waals surface area contributed by atoms with Crippen LogP contribution in [0.4, 0.5) is 11.6 Å². The van der Waals surface area contributed by atoms with Gasteiger partial charge in [0.15, 0.2) is 0 Å². The minimum Gasteiger partial charge on any atom is -0.497 e. The Bertz CT molecular complexity index is 1020. The molecule has 0 aliphatic carbocycles. The SMILES string of the molecule is COc1ccc(CCc2nc(NC(=O)[C@@H]3CC(=O)N(c4ccccc4)C3)n[nH]2)cc1. The zero-order valence-electron chi connectivity index (χ0n) is 16.7. The van der Waals surface area contributed by atoms with Crippen molar-refractivity contribution < 1.29 is 14.3 Å². The van der Waals surface area contributed by atoms with E-state index in [9.17, 15) is 9.59 Å². The molecule has 8 heteroatoms. The normalized spacial score (nSPS) is 16.0. The molecule has 0 radical (unpaired) electrons. The zero-order valence-corrected chi connectivity index (χ0v) is 16.7. The maximum Gasteiger partial charge on any atom is 0.248 e. The number of aromatic nitrogens is 3. The first-order valence-corrected chi connectivity index (χ1v) is 9.83. The highest BCUT2D eigenvalue weighted by Crippen LogP contribution is 2.25. The first kappa shape index (κ1) is 19.6. The molecule has 2 aromatic carbocycles. The monoisotopic (exact) mass is 405 g/mol. The number of nitrogens with one attached hydrogen (secondary N) is 2. The van der Waals surface area contributed by atoms with Crippen molar-refractivity contribution in [1.29, 1.82) is 0 Å². The average Bonchev–Trinajstić information content (AvgIpc) is 3.39. The number of rotatable bonds is 7. The average molecular weight is 405 g/mol. The number of amides is 2. The molecule has 0 bridgehead atoms. The predicted octanol–water partition coefficient (Wildman–Crippen LogP) is 2.59. The van der Waals surface area contributed by atoms with Gasteiger partial charge in [0.2, 0.25) is 17.8 Å². The lowest BCUT2D eigenvalue weighted by atomic mass is 10.1. The quantitative estimate of drug-likeness (QED) is 0.629. The first-order chi connectivity index (χ1) is 14.6. The Labute approximate surface area is 174 Å². The van der Waals surface area contributed by atoms with Crippen molar-refractivity contribution in [3.8, 4) is 5.75 Å². The Morgan fingerprint density at radius 2 is 1.93 bits per heavy atom. The van der Waals surface area contributed by atoms with E-state index in [1.165, 1.54) is 0 Å². The van der Waals surface area contributed by atoms with Crippen LogP contribution in [0.25, 0.3) is 0 Å². The Morgan fingerprint density at radius 1 is 1.17 bits per heavy atom. The predicted molar refractivity (Wildman–Crippen MR) is 112 cm³/mol. The number of aryl methyl sites for hydroxylation is 2. The fraction of sp³-hybridized carbons (Fsp3) is 0.273. The van der Waals surface area contributed by atoms with Crippen molar-refractivity contribution in [2.24, 2.45) is 5.92 Å². The number of benzene rings is 2. The van der Waals surface area contributed by atoms with Crippen molar-refractivity contribution in [2.45, 2.75) is 19.3 Å². The molecule has 2 amide bonds. The highest BCUT2D eigenvalue weighted by Gasteiger charge is 2.35. The number of carbonyl (C=O) groups excluding carboxylic acids is 2. The number of hydrogen-bond donors (Lipinski definition) is 2. The number of carbonyl (C=O) groups is 2. The molecule has 8 nitrogen and oxygen atoms in total. The lowest BCUT2D eigenvalue weighted by Crippen LogP contribution is -2.28. The number of nitrogens with zero attached hydrogens (tertiary/aromatic N) is 3. The van der Waals surface area contributed by atoms with E-state index < -0.39 is 5.92 Å². The lowest BCUT2D eigenvalue weighted by molar-refractivity contribution is -0.122. The highest BCUT2D eigenvalue weighted by atomic mass is 16.5. The maximum absolute atomic E-state index is 12.6. The summed E-state index contributed by atoms with van der Waals surface area (Å²) < 4.78 is 5.16. The highest BCUT2D eigenvalue weighted by molar-refractivity contribution is 6.03. The van der Waals surface area contributed by atoms with Crippen LogP contribution in [0, 0.1) is 5.92 Å². The molecule has 0 unspecified atom stereocenters. The zero-order chi connectivity index (χ0) is 20.9. The molecule has 1 atom stereocenters. The van der Waals surface area contributed by atoms with Crippen molar-refractivity contribution >= 4 is 23.5 Å². The molecule has 1 aliphatic rings. The summed E-state index contributed by atoms with van der Waals surface area (Å²) in [5, 5.41) is 9.66. The fourth-order valence-corrected chi connectivity index (χ4v) is 3.47. The van der Waals surface area contributed by atoms with Crippen LogP contribution in [0.2, 0.25) is 0 Å². The van der Waals surface area contributed by atoms with Crippen LogP contribution < -0.4 is 15.0 Å². The number of methoxy groups -OCH3 is 1. The van der Waals surface area contributed by atoms with E-state index in [0.717, 1.165) is 23.4 Å². The van der Waals surface area contributed by atoms with Crippen molar-refractivity contribution in [3.63, 3.8) is 0 Å². The standard InChI is InChI=1S/C22H23N5O3/c1-30-18-10-7-15(8-11-18)9-12-19-23-22(26-25-19)24-21(29)16-13-20(28)27(14-16)17-5-3-2-4-6-17/h2-8,10-11,16H,9,12-14H2,1H3,(H2,23,24,25,26,29)/t16-/m1/s1. The maximum atomic E-state index is 12.6. The van der Waals surface area contributed by atoms with E-state index >= 15 is 0 Å². The van der Waals surface area contributed by atoms with Gasteiger partial charge in [0.25, 0.3) is 0 Å². The number of ether oxygens (including phenoxy) is 1. The van der Waals surface area contributed by atoms with Crippen LogP contribution in [-0.4, -0.2) is 40.7 Å². The van der Waals surface area contributed by atoms with Crippen molar-refractivity contribution in [2.75, 3.05) is 23.9 Å². The molecule has 30 heavy (non-hydrogen) atoms. The summed E-state index contributed by atoms with van der Waals surface area (Å²) in [4.78, 5) is 30.9. The van der Waals surface area contributed by atoms with Crippen molar-refractivity contribution in [1.82, 2.24) is 15.2 Å². The summed E-state index contributed by atoms with van der Waals surface area (Å²) in [5.74, 6) is 1.00. The molecule has 2 N–H and O–H groups in total. The van der Waals surface area contributed by atoms with E-state index in [2.05, 4.69) is 20.5 Å². The third-order valence-electron chi connectivity index (χ3n) is 5.14. The Morgan fingerprint density at radius 3 is 2.67 bits per heavy atom. The van der Waals surface area contributed by atoms with Gasteiger partial charge in [-0.1, -0.05) is 30.3 Å². The van der Waals surface area contributed by atoms with Gasteiger partial charge in [-0.05, 0) is 36.2 Å². The van der Waals surface area contributed by atoms with Gasteiger partial charge in [0.05, 0.1) is 13.0 Å². The second-order valence-electron chi connectivity index (χ2n) is 7.18. The van der Waals surface area contributed by atoms with Crippen LogP contribution in [0.5, 0.6) is 5.75 Å². The third kappa shape index (κ3) is 4.48. The van der Waals surface area contributed by atoms with E-state index in [4.69, 9.17) is 4.74 Å². The topological polar surface area (TPSA) is 100 Å².